The van der Waals surface area contributed by atoms with Crippen LogP contribution in [0.5, 0.6) is 0 Å². The number of nitrogen functional groups attached to an aromatic ring is 1. The van der Waals surface area contributed by atoms with Crippen molar-refractivity contribution >= 4 is 16.7 Å². The molecule has 1 saturated heterocycles. The second-order valence-electron chi connectivity index (χ2n) is 4.44. The number of fused-ring (bicyclic) bond motifs is 1. The number of pyridine rings is 1. The van der Waals surface area contributed by atoms with Crippen molar-refractivity contribution in [1.29, 1.82) is 0 Å². The first-order valence-electron chi connectivity index (χ1n) is 5.82. The molecule has 3 heterocycles. The van der Waals surface area contributed by atoms with E-state index in [2.05, 4.69) is 4.98 Å². The monoisotopic (exact) mass is 251 g/mol. The Morgan fingerprint density at radius 2 is 2.39 bits per heavy atom. The van der Waals surface area contributed by atoms with E-state index in [4.69, 9.17) is 15.6 Å². The third-order valence-corrected chi connectivity index (χ3v) is 3.26. The molecule has 1 aliphatic rings. The first-order valence-corrected chi connectivity index (χ1v) is 5.82. The number of alkyl halides is 1. The first-order chi connectivity index (χ1) is 8.70. The highest BCUT2D eigenvalue weighted by Gasteiger charge is 2.36. The van der Waals surface area contributed by atoms with Crippen LogP contribution < -0.4 is 5.73 Å². The molecule has 0 unspecified atom stereocenters. The fourth-order valence-electron chi connectivity index (χ4n) is 2.35. The van der Waals surface area contributed by atoms with E-state index in [1.54, 1.807) is 29.1 Å². The van der Waals surface area contributed by atoms with Gasteiger partial charge >= 0.3 is 0 Å². The van der Waals surface area contributed by atoms with Crippen molar-refractivity contribution in [3.8, 4) is 0 Å². The Kier molecular flexibility index (Phi) is 2.68. The summed E-state index contributed by atoms with van der Waals surface area (Å²) in [4.78, 5) is 4.21. The van der Waals surface area contributed by atoms with Crippen LogP contribution >= 0.6 is 0 Å². The summed E-state index contributed by atoms with van der Waals surface area (Å²) in [6.45, 7) is -0.175. The zero-order valence-electron chi connectivity index (χ0n) is 9.66. The summed E-state index contributed by atoms with van der Waals surface area (Å²) in [5.74, 6) is 0. The predicted molar refractivity (Wildman–Crippen MR) is 64.7 cm³/mol. The van der Waals surface area contributed by atoms with Gasteiger partial charge in [-0.25, -0.2) is 9.37 Å². The lowest BCUT2D eigenvalue weighted by Crippen LogP contribution is -2.16. The molecule has 0 aromatic carbocycles. The average Bonchev–Trinajstić information content (AvgIpc) is 2.93. The topological polar surface area (TPSA) is 73.3 Å². The van der Waals surface area contributed by atoms with Gasteiger partial charge in [0.25, 0.3) is 0 Å². The number of nitrogens with zero attached hydrogens (tertiary/aromatic N) is 2. The molecule has 0 radical (unpaired) electrons. The summed E-state index contributed by atoms with van der Waals surface area (Å²) in [5, 5.41) is 9.80. The highest BCUT2D eigenvalue weighted by Crippen LogP contribution is 2.34. The Balaban J connectivity index is 2.02. The molecule has 0 aliphatic carbocycles. The summed E-state index contributed by atoms with van der Waals surface area (Å²) in [6, 6.07) is 3.49. The molecule has 0 saturated carbocycles. The molecule has 96 valence electrons. The molecule has 0 bridgehead atoms. The molecule has 3 rings (SSSR count). The molecule has 1 aliphatic heterocycles. The van der Waals surface area contributed by atoms with Crippen molar-refractivity contribution in [2.75, 3.05) is 12.3 Å². The predicted octanol–water partition coefficient (Wildman–Crippen LogP) is 1.24. The first kappa shape index (κ1) is 11.4. The summed E-state index contributed by atoms with van der Waals surface area (Å²) in [7, 11) is 0. The van der Waals surface area contributed by atoms with Gasteiger partial charge in [-0.1, -0.05) is 0 Å². The lowest BCUT2D eigenvalue weighted by molar-refractivity contribution is -0.0348. The Morgan fingerprint density at radius 3 is 3.11 bits per heavy atom. The maximum Gasteiger partial charge on any atom is 0.167 e. The number of ether oxygens (including phenoxy) is 1. The van der Waals surface area contributed by atoms with E-state index in [1.807, 2.05) is 0 Å². The van der Waals surface area contributed by atoms with E-state index in [1.165, 1.54) is 0 Å². The van der Waals surface area contributed by atoms with Gasteiger partial charge in [-0.3, -0.25) is 0 Å². The van der Waals surface area contributed by atoms with E-state index >= 15 is 0 Å². The molecule has 3 atom stereocenters. The molecular weight excluding hydrogens is 237 g/mol. The lowest BCUT2D eigenvalue weighted by atomic mass is 10.2. The molecule has 0 spiro atoms. The highest BCUT2D eigenvalue weighted by atomic mass is 19.1. The van der Waals surface area contributed by atoms with Crippen LogP contribution in [-0.2, 0) is 4.74 Å². The van der Waals surface area contributed by atoms with Gasteiger partial charge in [-0.2, -0.15) is 0 Å². The molecule has 3 N–H and O–H groups in total. The number of aromatic nitrogens is 2. The number of hydrogen-bond donors (Lipinski definition) is 2. The molecule has 2 aromatic heterocycles. The van der Waals surface area contributed by atoms with Crippen LogP contribution in [0.15, 0.2) is 24.5 Å². The van der Waals surface area contributed by atoms with Crippen molar-refractivity contribution < 1.29 is 14.2 Å². The van der Waals surface area contributed by atoms with Gasteiger partial charge in [0, 0.05) is 29.9 Å². The van der Waals surface area contributed by atoms with Crippen LogP contribution in [-0.4, -0.2) is 33.5 Å². The summed E-state index contributed by atoms with van der Waals surface area (Å²) in [5.41, 5.74) is 7.03. The van der Waals surface area contributed by atoms with E-state index in [0.29, 0.717) is 11.3 Å². The Hall–Kier alpha value is -1.66. The Morgan fingerprint density at radius 1 is 1.56 bits per heavy atom. The van der Waals surface area contributed by atoms with Gasteiger partial charge in [-0.15, -0.1) is 0 Å². The van der Waals surface area contributed by atoms with Crippen molar-refractivity contribution in [2.45, 2.75) is 24.9 Å². The highest BCUT2D eigenvalue weighted by molar-refractivity contribution is 5.88. The van der Waals surface area contributed by atoms with Crippen LogP contribution in [0.25, 0.3) is 11.0 Å². The van der Waals surface area contributed by atoms with E-state index in [0.717, 1.165) is 5.39 Å². The number of halogens is 1. The zero-order chi connectivity index (χ0) is 12.7. The van der Waals surface area contributed by atoms with Crippen molar-refractivity contribution in [3.05, 3.63) is 24.5 Å². The fraction of sp³-hybridized carbons (Fsp3) is 0.417. The molecule has 2 aromatic rings. The van der Waals surface area contributed by atoms with Crippen LogP contribution in [0.4, 0.5) is 10.1 Å². The van der Waals surface area contributed by atoms with Crippen LogP contribution in [0.3, 0.4) is 0 Å². The summed E-state index contributed by atoms with van der Waals surface area (Å²) >= 11 is 0. The minimum atomic E-state index is -1.15. The standard InChI is InChI=1S/C12H14FN3O2/c13-9-5-7(6-17)18-12(9)16-4-2-8-10(14)1-3-15-11(8)16/h1-4,7,9,12,17H,5-6H2,(H2,14,15)/t7-,9-,12+/m0/s1. The number of anilines is 1. The SMILES string of the molecule is Nc1ccnc2c1ccn2[C@@H]1O[C@H](CO)C[C@@H]1F. The van der Waals surface area contributed by atoms with Crippen molar-refractivity contribution in [3.63, 3.8) is 0 Å². The molecule has 6 heteroatoms. The van der Waals surface area contributed by atoms with Crippen LogP contribution in [0.1, 0.15) is 12.6 Å². The molecular formula is C12H14FN3O2. The quantitative estimate of drug-likeness (QED) is 0.842. The molecule has 0 amide bonds. The van der Waals surface area contributed by atoms with Crippen molar-refractivity contribution in [1.82, 2.24) is 9.55 Å². The van der Waals surface area contributed by atoms with E-state index < -0.39 is 18.5 Å². The summed E-state index contributed by atoms with van der Waals surface area (Å²) < 4.78 is 21.0. The van der Waals surface area contributed by atoms with E-state index in [9.17, 15) is 4.39 Å². The molecule has 18 heavy (non-hydrogen) atoms. The second kappa shape index (κ2) is 4.22. The van der Waals surface area contributed by atoms with Gasteiger partial charge in [0.15, 0.2) is 6.23 Å². The number of nitrogens with two attached hydrogens (primary N) is 1. The second-order valence-corrected chi connectivity index (χ2v) is 4.44. The van der Waals surface area contributed by atoms with Gasteiger partial charge < -0.3 is 20.1 Å². The Labute approximate surface area is 103 Å². The minimum Gasteiger partial charge on any atom is -0.398 e. The van der Waals surface area contributed by atoms with Gasteiger partial charge in [0.2, 0.25) is 0 Å². The number of aliphatic hydroxyl groups excluding tert-OH is 1. The number of rotatable bonds is 2. The maximum absolute atomic E-state index is 13.9. The van der Waals surface area contributed by atoms with E-state index in [-0.39, 0.29) is 13.0 Å². The Bertz CT molecular complexity index is 571. The minimum absolute atomic E-state index is 0.175. The van der Waals surface area contributed by atoms with Crippen LogP contribution in [0.2, 0.25) is 0 Å². The average molecular weight is 251 g/mol. The normalized spacial score (nSPS) is 28.0. The third kappa shape index (κ3) is 1.65. The van der Waals surface area contributed by atoms with Gasteiger partial charge in [0.05, 0.1) is 12.7 Å². The summed E-state index contributed by atoms with van der Waals surface area (Å²) in [6.07, 6.45) is 1.15. The van der Waals surface area contributed by atoms with Crippen LogP contribution in [0, 0.1) is 0 Å². The fourth-order valence-corrected chi connectivity index (χ4v) is 2.35. The number of hydrogen-bond acceptors (Lipinski definition) is 4. The largest absolute Gasteiger partial charge is 0.398 e. The maximum atomic E-state index is 13.9. The number of aliphatic hydroxyl groups is 1. The molecule has 1 fully saturated rings. The lowest BCUT2D eigenvalue weighted by Gasteiger charge is -2.16. The van der Waals surface area contributed by atoms with Gasteiger partial charge in [0.1, 0.15) is 11.8 Å². The molecule has 5 nitrogen and oxygen atoms in total. The third-order valence-electron chi connectivity index (χ3n) is 3.26. The smallest absolute Gasteiger partial charge is 0.167 e. The zero-order valence-corrected chi connectivity index (χ0v) is 9.66. The van der Waals surface area contributed by atoms with Gasteiger partial charge in [-0.05, 0) is 12.1 Å². The van der Waals surface area contributed by atoms with Crippen molar-refractivity contribution in [2.24, 2.45) is 0 Å².